The second kappa shape index (κ2) is 4.99. The molecule has 0 spiro atoms. The predicted molar refractivity (Wildman–Crippen MR) is 63.2 cm³/mol. The molecule has 3 heteroatoms. The zero-order valence-electron chi connectivity index (χ0n) is 8.93. The van der Waals surface area contributed by atoms with Crippen molar-refractivity contribution in [1.82, 2.24) is 5.32 Å². The summed E-state index contributed by atoms with van der Waals surface area (Å²) in [5.41, 5.74) is 2.79. The van der Waals surface area contributed by atoms with Crippen molar-refractivity contribution in [2.24, 2.45) is 0 Å². The van der Waals surface area contributed by atoms with Crippen LogP contribution in [-0.2, 0) is 0 Å². The van der Waals surface area contributed by atoms with Crippen molar-refractivity contribution in [3.8, 4) is 0 Å². The molecule has 0 atom stereocenters. The van der Waals surface area contributed by atoms with Crippen LogP contribution in [0.15, 0.2) is 29.8 Å². The molecule has 1 rings (SSSR count). The summed E-state index contributed by atoms with van der Waals surface area (Å²) < 4.78 is 0. The molecule has 0 saturated carbocycles. The molecular weight excluding hydrogens is 210 g/mol. The van der Waals surface area contributed by atoms with Gasteiger partial charge in [-0.1, -0.05) is 35.9 Å². The summed E-state index contributed by atoms with van der Waals surface area (Å²) >= 11 is 5.57. The molecule has 0 aromatic heterocycles. The lowest BCUT2D eigenvalue weighted by Gasteiger charge is -2.07. The van der Waals surface area contributed by atoms with Crippen LogP contribution in [0.2, 0.25) is 0 Å². The molecule has 0 aliphatic heterocycles. The number of halogens is 1. The van der Waals surface area contributed by atoms with Gasteiger partial charge in [-0.15, -0.1) is 0 Å². The summed E-state index contributed by atoms with van der Waals surface area (Å²) in [5, 5.41) is 3.11. The van der Waals surface area contributed by atoms with Crippen molar-refractivity contribution in [2.45, 2.75) is 13.8 Å². The van der Waals surface area contributed by atoms with E-state index in [0.29, 0.717) is 17.1 Å². The molecule has 0 aliphatic rings. The van der Waals surface area contributed by atoms with Crippen molar-refractivity contribution in [2.75, 3.05) is 6.54 Å². The van der Waals surface area contributed by atoms with Crippen molar-refractivity contribution in [3.63, 3.8) is 0 Å². The average molecular weight is 224 g/mol. The number of rotatable bonds is 3. The van der Waals surface area contributed by atoms with Gasteiger partial charge in [-0.25, -0.2) is 0 Å². The third kappa shape index (κ3) is 3.40. The van der Waals surface area contributed by atoms with Crippen LogP contribution in [-0.4, -0.2) is 12.5 Å². The smallest absolute Gasteiger partial charge is 0.251 e. The van der Waals surface area contributed by atoms with Gasteiger partial charge in [0.1, 0.15) is 0 Å². The monoisotopic (exact) mass is 223 g/mol. The van der Waals surface area contributed by atoms with Gasteiger partial charge in [0.15, 0.2) is 0 Å². The average Bonchev–Trinajstić information content (AvgIpc) is 2.14. The van der Waals surface area contributed by atoms with Crippen LogP contribution < -0.4 is 5.32 Å². The van der Waals surface area contributed by atoms with Gasteiger partial charge < -0.3 is 5.32 Å². The number of hydrogen-bond donors (Lipinski definition) is 1. The van der Waals surface area contributed by atoms with Crippen LogP contribution in [0.3, 0.4) is 0 Å². The number of benzene rings is 1. The highest BCUT2D eigenvalue weighted by molar-refractivity contribution is 6.29. The van der Waals surface area contributed by atoms with Crippen LogP contribution in [0.4, 0.5) is 0 Å². The molecule has 15 heavy (non-hydrogen) atoms. The Morgan fingerprint density at radius 1 is 1.47 bits per heavy atom. The third-order valence-electron chi connectivity index (χ3n) is 2.07. The number of nitrogens with one attached hydrogen (secondary N) is 1. The lowest BCUT2D eigenvalue weighted by molar-refractivity contribution is 0.0957. The van der Waals surface area contributed by atoms with E-state index in [9.17, 15) is 4.79 Å². The van der Waals surface area contributed by atoms with E-state index in [1.165, 1.54) is 0 Å². The largest absolute Gasteiger partial charge is 0.347 e. The topological polar surface area (TPSA) is 29.1 Å². The summed E-state index contributed by atoms with van der Waals surface area (Å²) in [6.07, 6.45) is 0. The second-order valence-electron chi connectivity index (χ2n) is 3.52. The Morgan fingerprint density at radius 2 is 2.13 bits per heavy atom. The minimum atomic E-state index is -0.116. The van der Waals surface area contributed by atoms with Crippen molar-refractivity contribution < 1.29 is 4.79 Å². The first-order chi connectivity index (χ1) is 7.00. The van der Waals surface area contributed by atoms with E-state index in [1.807, 2.05) is 32.0 Å². The predicted octanol–water partition coefficient (Wildman–Crippen LogP) is 2.79. The number of hydrogen-bond acceptors (Lipinski definition) is 1. The Kier molecular flexibility index (Phi) is 3.92. The molecule has 80 valence electrons. The molecule has 1 aromatic carbocycles. The lowest BCUT2D eigenvalue weighted by Crippen LogP contribution is -2.25. The quantitative estimate of drug-likeness (QED) is 0.839. The molecule has 0 fully saturated rings. The minimum Gasteiger partial charge on any atom is -0.347 e. The van der Waals surface area contributed by atoms with E-state index in [0.717, 1.165) is 11.1 Å². The molecule has 0 bridgehead atoms. The van der Waals surface area contributed by atoms with Crippen LogP contribution >= 0.6 is 11.6 Å². The van der Waals surface area contributed by atoms with Crippen molar-refractivity contribution >= 4 is 17.5 Å². The highest BCUT2D eigenvalue weighted by Crippen LogP contribution is 2.10. The Balaban J connectivity index is 2.78. The standard InChI is InChI=1S/C12H14ClNO/c1-8-4-5-11(9(2)6-8)12(15)14-7-10(3)13/h4-6H,3,7H2,1-2H3,(H,14,15). The summed E-state index contributed by atoms with van der Waals surface area (Å²) in [5.74, 6) is -0.116. The first-order valence-electron chi connectivity index (χ1n) is 4.69. The molecule has 0 aliphatic carbocycles. The molecule has 1 aromatic rings. The van der Waals surface area contributed by atoms with Gasteiger partial charge in [-0.2, -0.15) is 0 Å². The van der Waals surface area contributed by atoms with Gasteiger partial charge in [0.25, 0.3) is 5.91 Å². The van der Waals surface area contributed by atoms with Crippen LogP contribution in [0, 0.1) is 13.8 Å². The number of amides is 1. The fourth-order valence-electron chi connectivity index (χ4n) is 1.34. The highest BCUT2D eigenvalue weighted by Gasteiger charge is 2.07. The van der Waals surface area contributed by atoms with Gasteiger partial charge in [-0.3, -0.25) is 4.79 Å². The van der Waals surface area contributed by atoms with Crippen LogP contribution in [0.25, 0.3) is 0 Å². The van der Waals surface area contributed by atoms with E-state index in [-0.39, 0.29) is 5.91 Å². The first kappa shape index (κ1) is 11.8. The minimum absolute atomic E-state index is 0.116. The molecule has 0 unspecified atom stereocenters. The Labute approximate surface area is 94.9 Å². The van der Waals surface area contributed by atoms with E-state index >= 15 is 0 Å². The first-order valence-corrected chi connectivity index (χ1v) is 5.07. The van der Waals surface area contributed by atoms with Crippen LogP contribution in [0.1, 0.15) is 21.5 Å². The van der Waals surface area contributed by atoms with E-state index in [1.54, 1.807) is 0 Å². The van der Waals surface area contributed by atoms with E-state index in [2.05, 4.69) is 11.9 Å². The maximum absolute atomic E-state index is 11.7. The van der Waals surface area contributed by atoms with E-state index < -0.39 is 0 Å². The molecule has 0 saturated heterocycles. The number of carbonyl (C=O) groups excluding carboxylic acids is 1. The second-order valence-corrected chi connectivity index (χ2v) is 4.05. The molecule has 2 nitrogen and oxygen atoms in total. The van der Waals surface area contributed by atoms with E-state index in [4.69, 9.17) is 11.6 Å². The zero-order valence-corrected chi connectivity index (χ0v) is 9.69. The summed E-state index contributed by atoms with van der Waals surface area (Å²) in [4.78, 5) is 11.7. The van der Waals surface area contributed by atoms with Gasteiger partial charge in [0, 0.05) is 10.6 Å². The zero-order chi connectivity index (χ0) is 11.4. The van der Waals surface area contributed by atoms with Gasteiger partial charge in [0.2, 0.25) is 0 Å². The fourth-order valence-corrected chi connectivity index (χ4v) is 1.41. The van der Waals surface area contributed by atoms with Gasteiger partial charge in [-0.05, 0) is 25.5 Å². The Morgan fingerprint density at radius 3 is 2.67 bits per heavy atom. The van der Waals surface area contributed by atoms with Crippen molar-refractivity contribution in [3.05, 3.63) is 46.5 Å². The maximum atomic E-state index is 11.7. The SMILES string of the molecule is C=C(Cl)CNC(=O)c1ccc(C)cc1C. The highest BCUT2D eigenvalue weighted by atomic mass is 35.5. The molecule has 0 radical (unpaired) electrons. The Hall–Kier alpha value is -1.28. The van der Waals surface area contributed by atoms with Gasteiger partial charge >= 0.3 is 0 Å². The van der Waals surface area contributed by atoms with Crippen LogP contribution in [0.5, 0.6) is 0 Å². The normalized spacial score (nSPS) is 9.80. The maximum Gasteiger partial charge on any atom is 0.251 e. The molecule has 0 heterocycles. The summed E-state index contributed by atoms with van der Waals surface area (Å²) in [7, 11) is 0. The summed E-state index contributed by atoms with van der Waals surface area (Å²) in [6, 6.07) is 5.71. The molecule has 1 N–H and O–H groups in total. The molecular formula is C12H14ClNO. The lowest BCUT2D eigenvalue weighted by atomic mass is 10.1. The van der Waals surface area contributed by atoms with Gasteiger partial charge in [0.05, 0.1) is 6.54 Å². The third-order valence-corrected chi connectivity index (χ3v) is 2.20. The number of aryl methyl sites for hydroxylation is 2. The van der Waals surface area contributed by atoms with Crippen molar-refractivity contribution in [1.29, 1.82) is 0 Å². The Bertz CT molecular complexity index is 399. The summed E-state index contributed by atoms with van der Waals surface area (Å²) in [6.45, 7) is 7.72. The number of carbonyl (C=O) groups is 1. The fraction of sp³-hybridized carbons (Fsp3) is 0.250. The molecule has 1 amide bonds.